The molecule has 1 amide bonds. The smallest absolute Gasteiger partial charge is 0.249 e. The Bertz CT molecular complexity index is 1390. The van der Waals surface area contributed by atoms with Crippen LogP contribution in [0.3, 0.4) is 0 Å². The molecule has 7 nitrogen and oxygen atoms in total. The number of aromatic nitrogens is 1. The number of halogens is 4. The lowest BCUT2D eigenvalue weighted by Gasteiger charge is -2.40. The van der Waals surface area contributed by atoms with E-state index in [4.69, 9.17) is 4.74 Å². The summed E-state index contributed by atoms with van der Waals surface area (Å²) in [6, 6.07) is 6.77. The van der Waals surface area contributed by atoms with Crippen molar-refractivity contribution in [2.45, 2.75) is 36.8 Å². The van der Waals surface area contributed by atoms with Crippen LogP contribution in [0.4, 0.5) is 23.2 Å². The molecule has 0 saturated carbocycles. The van der Waals surface area contributed by atoms with Crippen LogP contribution in [0.25, 0.3) is 10.9 Å². The Morgan fingerprint density at radius 1 is 1.22 bits per heavy atom. The number of thioether (sulfide) groups is 1. The van der Waals surface area contributed by atoms with E-state index < -0.39 is 34.9 Å². The van der Waals surface area contributed by atoms with Crippen LogP contribution in [0, 0.1) is 22.9 Å². The molecule has 2 N–H and O–H groups in total. The Morgan fingerprint density at radius 3 is 2.61 bits per heavy atom. The molecule has 41 heavy (non-hydrogen) atoms. The number of rotatable bonds is 11. The number of carbonyl (C=O) groups excluding carboxylic acids is 1. The van der Waals surface area contributed by atoms with Gasteiger partial charge in [0.25, 0.3) is 0 Å². The minimum Gasteiger partial charge on any atom is -0.497 e. The lowest BCUT2D eigenvalue weighted by atomic mass is 9.73. The average Bonchev–Trinajstić information content (AvgIpc) is 2.97. The van der Waals surface area contributed by atoms with E-state index in [1.54, 1.807) is 41.9 Å². The number of amides is 1. The fourth-order valence-electron chi connectivity index (χ4n) is 5.38. The second kappa shape index (κ2) is 13.3. The van der Waals surface area contributed by atoms with Gasteiger partial charge >= 0.3 is 0 Å². The van der Waals surface area contributed by atoms with Crippen molar-refractivity contribution >= 4 is 34.3 Å². The summed E-state index contributed by atoms with van der Waals surface area (Å²) in [5, 5.41) is 10.1. The fraction of sp³-hybridized carbons (Fsp3) is 0.448. The molecule has 1 saturated heterocycles. The Morgan fingerprint density at radius 2 is 1.95 bits per heavy atom. The summed E-state index contributed by atoms with van der Waals surface area (Å²) < 4.78 is 62.4. The molecule has 1 atom stereocenters. The molecule has 222 valence electrons. The minimum atomic E-state index is -1.41. The summed E-state index contributed by atoms with van der Waals surface area (Å²) in [7, 11) is 5.17. The summed E-state index contributed by atoms with van der Waals surface area (Å²) >= 11 is 1.02. The van der Waals surface area contributed by atoms with Crippen molar-refractivity contribution in [3.05, 3.63) is 59.5 Å². The number of piperidine rings is 1. The van der Waals surface area contributed by atoms with Crippen LogP contribution in [0.5, 0.6) is 5.75 Å². The second-order valence-electron chi connectivity index (χ2n) is 10.5. The number of anilines is 1. The van der Waals surface area contributed by atoms with Crippen LogP contribution in [0.2, 0.25) is 0 Å². The van der Waals surface area contributed by atoms with Gasteiger partial charge < -0.3 is 14.5 Å². The molecule has 0 radical (unpaired) electrons. The number of hydrogen-bond acceptors (Lipinski definition) is 7. The largest absolute Gasteiger partial charge is 0.497 e. The maximum Gasteiger partial charge on any atom is 0.249 e. The number of nitrogens with one attached hydrogen (secondary N) is 1. The quantitative estimate of drug-likeness (QED) is 0.0942. The zero-order chi connectivity index (χ0) is 29.7. The van der Waals surface area contributed by atoms with Crippen molar-refractivity contribution in [2.24, 2.45) is 5.41 Å². The third-order valence-electron chi connectivity index (χ3n) is 7.79. The third kappa shape index (κ3) is 6.87. The predicted molar refractivity (Wildman–Crippen MR) is 151 cm³/mol. The number of benzene rings is 2. The molecule has 2 heterocycles. The Hall–Kier alpha value is -3.09. The highest BCUT2D eigenvalue weighted by Crippen LogP contribution is 2.43. The molecular formula is C29H34F4N4O3S. The molecule has 1 fully saturated rings. The van der Waals surface area contributed by atoms with Crippen molar-refractivity contribution < 1.29 is 32.3 Å². The van der Waals surface area contributed by atoms with E-state index in [-0.39, 0.29) is 17.7 Å². The standard InChI is InChI=1S/C29H34F4N4O3S/c1-36(2)24-17-34-23-5-4-19(40-3)16-20(23)26(24)21(31)6-7-29(28(38)35-39)8-10-37(11-9-29)12-13-41-25-15-18(30)14-22(32)27(25)33/h4-5,14-17,21,39H,6-13H2,1-3H3,(H,35,38). The number of fused-ring (bicyclic) bond motifs is 1. The molecule has 1 aromatic heterocycles. The van der Waals surface area contributed by atoms with Crippen LogP contribution in [-0.4, -0.2) is 67.6 Å². The molecule has 12 heteroatoms. The number of nitrogens with zero attached hydrogens (tertiary/aromatic N) is 3. The predicted octanol–water partition coefficient (Wildman–Crippen LogP) is 5.90. The van der Waals surface area contributed by atoms with Gasteiger partial charge in [-0.1, -0.05) is 0 Å². The maximum absolute atomic E-state index is 16.1. The van der Waals surface area contributed by atoms with Gasteiger partial charge in [0.2, 0.25) is 5.91 Å². The molecule has 4 rings (SSSR count). The highest BCUT2D eigenvalue weighted by atomic mass is 32.2. The highest BCUT2D eigenvalue weighted by Gasteiger charge is 2.41. The van der Waals surface area contributed by atoms with Gasteiger partial charge in [0.1, 0.15) is 17.7 Å². The van der Waals surface area contributed by atoms with Crippen molar-refractivity contribution in [3.8, 4) is 5.75 Å². The van der Waals surface area contributed by atoms with Crippen molar-refractivity contribution in [1.82, 2.24) is 15.4 Å². The van der Waals surface area contributed by atoms with E-state index in [1.807, 2.05) is 14.1 Å². The summed E-state index contributed by atoms with van der Waals surface area (Å²) in [5.74, 6) is -2.73. The van der Waals surface area contributed by atoms with Crippen LogP contribution in [0.1, 0.15) is 37.4 Å². The third-order valence-corrected chi connectivity index (χ3v) is 8.78. The molecule has 0 spiro atoms. The molecule has 2 aromatic carbocycles. The number of carbonyl (C=O) groups is 1. The summed E-state index contributed by atoms with van der Waals surface area (Å²) in [6.07, 6.45) is 1.23. The Balaban J connectivity index is 1.44. The Kier molecular flexibility index (Phi) is 9.98. The molecule has 0 bridgehead atoms. The zero-order valence-electron chi connectivity index (χ0n) is 23.2. The Labute approximate surface area is 240 Å². The van der Waals surface area contributed by atoms with Crippen molar-refractivity contribution in [2.75, 3.05) is 51.5 Å². The first-order valence-corrected chi connectivity index (χ1v) is 14.3. The van der Waals surface area contributed by atoms with Gasteiger partial charge in [-0.3, -0.25) is 15.0 Å². The van der Waals surface area contributed by atoms with Gasteiger partial charge in [-0.25, -0.2) is 23.0 Å². The molecule has 1 aliphatic rings. The van der Waals surface area contributed by atoms with Gasteiger partial charge in [-0.2, -0.15) is 0 Å². The normalized spacial score (nSPS) is 16.0. The van der Waals surface area contributed by atoms with Gasteiger partial charge in [0, 0.05) is 48.3 Å². The average molecular weight is 595 g/mol. The number of likely N-dealkylation sites (tertiary alicyclic amines) is 1. The first kappa shape index (κ1) is 30.9. The van der Waals surface area contributed by atoms with Crippen molar-refractivity contribution in [3.63, 3.8) is 0 Å². The summed E-state index contributed by atoms with van der Waals surface area (Å²) in [6.45, 7) is 1.48. The number of hydroxylamine groups is 1. The van der Waals surface area contributed by atoms with Gasteiger partial charge in [-0.15, -0.1) is 11.8 Å². The molecular weight excluding hydrogens is 560 g/mol. The van der Waals surface area contributed by atoms with Crippen LogP contribution < -0.4 is 15.1 Å². The monoisotopic (exact) mass is 594 g/mol. The first-order chi connectivity index (χ1) is 19.6. The fourth-order valence-corrected chi connectivity index (χ4v) is 6.37. The number of ether oxygens (including phenoxy) is 1. The van der Waals surface area contributed by atoms with E-state index >= 15 is 4.39 Å². The number of methoxy groups -OCH3 is 1. The summed E-state index contributed by atoms with van der Waals surface area (Å²) in [4.78, 5) is 21.1. The topological polar surface area (TPSA) is 77.9 Å². The zero-order valence-corrected chi connectivity index (χ0v) is 24.0. The molecule has 3 aromatic rings. The minimum absolute atomic E-state index is 0.0465. The molecule has 0 aliphatic carbocycles. The van der Waals surface area contributed by atoms with Gasteiger partial charge in [0.15, 0.2) is 11.6 Å². The van der Waals surface area contributed by atoms with Gasteiger partial charge in [0.05, 0.1) is 29.9 Å². The molecule has 1 aliphatic heterocycles. The first-order valence-electron chi connectivity index (χ1n) is 13.3. The van der Waals surface area contributed by atoms with E-state index in [9.17, 15) is 23.2 Å². The van der Waals surface area contributed by atoms with E-state index in [2.05, 4.69) is 9.88 Å². The lowest BCUT2D eigenvalue weighted by molar-refractivity contribution is -0.143. The number of hydrogen-bond donors (Lipinski definition) is 2. The van der Waals surface area contributed by atoms with Crippen LogP contribution in [-0.2, 0) is 4.79 Å². The van der Waals surface area contributed by atoms with E-state index in [0.29, 0.717) is 72.2 Å². The van der Waals surface area contributed by atoms with Crippen LogP contribution >= 0.6 is 11.8 Å². The number of pyridine rings is 1. The lowest BCUT2D eigenvalue weighted by Crippen LogP contribution is -2.48. The van der Waals surface area contributed by atoms with E-state index in [0.717, 1.165) is 17.8 Å². The molecule has 1 unspecified atom stereocenters. The second-order valence-corrected chi connectivity index (χ2v) is 11.6. The maximum atomic E-state index is 16.1. The summed E-state index contributed by atoms with van der Waals surface area (Å²) in [5.41, 5.74) is 2.53. The van der Waals surface area contributed by atoms with Crippen molar-refractivity contribution in [1.29, 1.82) is 0 Å². The van der Waals surface area contributed by atoms with E-state index in [1.165, 1.54) is 0 Å². The SMILES string of the molecule is COc1ccc2ncc(N(C)C)c(C(F)CCC3(C(=O)NO)CCN(CCSc4cc(F)cc(F)c4F)CC3)c2c1. The van der Waals surface area contributed by atoms with Crippen LogP contribution in [0.15, 0.2) is 41.4 Å². The highest BCUT2D eigenvalue weighted by molar-refractivity contribution is 7.99. The van der Waals surface area contributed by atoms with Gasteiger partial charge in [-0.05, 0) is 63.0 Å². The number of alkyl halides is 1.